The molecule has 4 rings (SSSR count). The summed E-state index contributed by atoms with van der Waals surface area (Å²) in [6.07, 6.45) is 1.71. The Kier molecular flexibility index (Phi) is 3.68. The topological polar surface area (TPSA) is 65.6 Å². The van der Waals surface area contributed by atoms with Crippen LogP contribution >= 0.6 is 0 Å². The maximum absolute atomic E-state index is 9.52. The van der Waals surface area contributed by atoms with Crippen LogP contribution in [0.5, 0.6) is 0 Å². The zero-order valence-electron chi connectivity index (χ0n) is 13.7. The Labute approximate surface area is 145 Å². The monoisotopic (exact) mass is 325 g/mol. The molecule has 120 valence electrons. The molecular formula is C21H15N3O. The minimum absolute atomic E-state index is 0.433. The van der Waals surface area contributed by atoms with Gasteiger partial charge in [0.1, 0.15) is 23.4 Å². The van der Waals surface area contributed by atoms with E-state index < -0.39 is 0 Å². The van der Waals surface area contributed by atoms with Crippen molar-refractivity contribution in [2.75, 3.05) is 0 Å². The largest absolute Gasteiger partial charge is 0.457 e. The summed E-state index contributed by atoms with van der Waals surface area (Å²) in [6.45, 7) is 2.02. The summed E-state index contributed by atoms with van der Waals surface area (Å²) >= 11 is 0. The quantitative estimate of drug-likeness (QED) is 0.527. The Balaban J connectivity index is 1.71. The third-order valence-electron chi connectivity index (χ3n) is 3.98. The lowest BCUT2D eigenvalue weighted by Crippen LogP contribution is -1.84. The van der Waals surface area contributed by atoms with Gasteiger partial charge in [-0.2, -0.15) is 5.26 Å². The number of rotatable bonds is 3. The molecule has 2 aromatic heterocycles. The second-order valence-corrected chi connectivity index (χ2v) is 5.84. The zero-order valence-corrected chi connectivity index (χ0v) is 13.7. The molecular weight excluding hydrogens is 310 g/mol. The maximum Gasteiger partial charge on any atom is 0.149 e. The Morgan fingerprint density at radius 1 is 1.12 bits per heavy atom. The van der Waals surface area contributed by atoms with E-state index in [4.69, 9.17) is 4.42 Å². The first-order valence-electron chi connectivity index (χ1n) is 7.97. The number of aromatic nitrogens is 2. The highest BCUT2D eigenvalue weighted by Gasteiger charge is 2.10. The van der Waals surface area contributed by atoms with Crippen molar-refractivity contribution in [2.24, 2.45) is 0 Å². The van der Waals surface area contributed by atoms with E-state index in [2.05, 4.69) is 16.0 Å². The number of nitriles is 1. The lowest BCUT2D eigenvalue weighted by Gasteiger charge is -1.95. The molecule has 4 nitrogen and oxygen atoms in total. The number of aromatic amines is 1. The lowest BCUT2D eigenvalue weighted by molar-refractivity contribution is 0.572. The third kappa shape index (κ3) is 2.96. The summed E-state index contributed by atoms with van der Waals surface area (Å²) in [6, 6.07) is 21.8. The van der Waals surface area contributed by atoms with Gasteiger partial charge in [-0.05, 0) is 36.8 Å². The number of hydrogen-bond donors (Lipinski definition) is 1. The van der Waals surface area contributed by atoms with Crippen LogP contribution in [0, 0.1) is 18.3 Å². The van der Waals surface area contributed by atoms with Crippen LogP contribution in [0.4, 0.5) is 0 Å². The SMILES string of the molecule is Cc1ccc2nc(/C(C#N)=C/c3ccc(-c4ccccc4)o3)[nH]c2c1. The summed E-state index contributed by atoms with van der Waals surface area (Å²) < 4.78 is 5.85. The van der Waals surface area contributed by atoms with E-state index >= 15 is 0 Å². The number of H-pyrrole nitrogens is 1. The summed E-state index contributed by atoms with van der Waals surface area (Å²) in [5, 5.41) is 9.52. The van der Waals surface area contributed by atoms with Crippen molar-refractivity contribution in [1.82, 2.24) is 9.97 Å². The van der Waals surface area contributed by atoms with E-state index in [0.717, 1.165) is 27.9 Å². The van der Waals surface area contributed by atoms with E-state index in [1.807, 2.05) is 67.6 Å². The molecule has 0 saturated heterocycles. The van der Waals surface area contributed by atoms with Gasteiger partial charge >= 0.3 is 0 Å². The number of nitrogens with one attached hydrogen (secondary N) is 1. The standard InChI is InChI=1S/C21H15N3O/c1-14-7-9-18-19(11-14)24-21(23-18)16(13-22)12-17-8-10-20(25-17)15-5-3-2-4-6-15/h2-12H,1H3,(H,23,24)/b16-12+. The first-order valence-corrected chi connectivity index (χ1v) is 7.97. The number of hydrogen-bond acceptors (Lipinski definition) is 3. The van der Waals surface area contributed by atoms with E-state index in [-0.39, 0.29) is 0 Å². The van der Waals surface area contributed by atoms with Gasteiger partial charge in [0.15, 0.2) is 0 Å². The second-order valence-electron chi connectivity index (χ2n) is 5.84. The normalized spacial score (nSPS) is 11.6. The van der Waals surface area contributed by atoms with E-state index in [0.29, 0.717) is 17.2 Å². The molecule has 4 heteroatoms. The fourth-order valence-corrected chi connectivity index (χ4v) is 2.73. The van der Waals surface area contributed by atoms with Crippen LogP contribution in [-0.2, 0) is 0 Å². The van der Waals surface area contributed by atoms with Crippen molar-refractivity contribution in [2.45, 2.75) is 6.92 Å². The first-order chi connectivity index (χ1) is 12.2. The van der Waals surface area contributed by atoms with Crippen LogP contribution in [0.2, 0.25) is 0 Å². The Morgan fingerprint density at radius 3 is 2.76 bits per heavy atom. The summed E-state index contributed by atoms with van der Waals surface area (Å²) in [5.41, 5.74) is 4.33. The van der Waals surface area contributed by atoms with Gasteiger partial charge in [0.2, 0.25) is 0 Å². The van der Waals surface area contributed by atoms with Crippen LogP contribution in [0.15, 0.2) is 65.1 Å². The maximum atomic E-state index is 9.52. The molecule has 0 fully saturated rings. The zero-order chi connectivity index (χ0) is 17.2. The second kappa shape index (κ2) is 6.14. The fourth-order valence-electron chi connectivity index (χ4n) is 2.73. The average molecular weight is 325 g/mol. The number of allylic oxidation sites excluding steroid dienone is 1. The van der Waals surface area contributed by atoms with Gasteiger partial charge in [0.05, 0.1) is 16.6 Å². The van der Waals surface area contributed by atoms with Crippen molar-refractivity contribution in [3.63, 3.8) is 0 Å². The van der Waals surface area contributed by atoms with Crippen molar-refractivity contribution >= 4 is 22.7 Å². The van der Waals surface area contributed by atoms with E-state index in [9.17, 15) is 5.26 Å². The minimum atomic E-state index is 0.433. The molecule has 1 N–H and O–H groups in total. The van der Waals surface area contributed by atoms with E-state index in [1.54, 1.807) is 6.08 Å². The van der Waals surface area contributed by atoms with Crippen LogP contribution in [0.25, 0.3) is 34.0 Å². The summed E-state index contributed by atoms with van der Waals surface area (Å²) in [4.78, 5) is 7.70. The molecule has 0 saturated carbocycles. The molecule has 4 aromatic rings. The van der Waals surface area contributed by atoms with Crippen molar-refractivity contribution in [3.8, 4) is 17.4 Å². The van der Waals surface area contributed by atoms with Crippen molar-refractivity contribution in [1.29, 1.82) is 5.26 Å². The number of furan rings is 1. The number of imidazole rings is 1. The van der Waals surface area contributed by atoms with Gasteiger partial charge in [0, 0.05) is 11.6 Å². The Bertz CT molecular complexity index is 1110. The third-order valence-corrected chi connectivity index (χ3v) is 3.98. The highest BCUT2D eigenvalue weighted by atomic mass is 16.3. The molecule has 2 heterocycles. The molecule has 0 atom stereocenters. The number of fused-ring (bicyclic) bond motifs is 1. The van der Waals surface area contributed by atoms with Gasteiger partial charge < -0.3 is 9.40 Å². The van der Waals surface area contributed by atoms with Gasteiger partial charge in [-0.3, -0.25) is 0 Å². The van der Waals surface area contributed by atoms with Crippen LogP contribution < -0.4 is 0 Å². The van der Waals surface area contributed by atoms with Crippen molar-refractivity contribution in [3.05, 3.63) is 77.8 Å². The molecule has 0 spiro atoms. The van der Waals surface area contributed by atoms with Crippen LogP contribution in [0.1, 0.15) is 17.1 Å². The number of aryl methyl sites for hydroxylation is 1. The predicted molar refractivity (Wildman–Crippen MR) is 98.5 cm³/mol. The molecule has 0 radical (unpaired) electrons. The van der Waals surface area contributed by atoms with Gasteiger partial charge in [-0.25, -0.2) is 4.98 Å². The highest BCUT2D eigenvalue weighted by molar-refractivity contribution is 5.89. The van der Waals surface area contributed by atoms with Crippen molar-refractivity contribution < 1.29 is 4.42 Å². The Hall–Kier alpha value is -3.58. The predicted octanol–water partition coefficient (Wildman–Crippen LogP) is 5.20. The van der Waals surface area contributed by atoms with Gasteiger partial charge in [0.25, 0.3) is 0 Å². The number of nitrogens with zero attached hydrogens (tertiary/aromatic N) is 2. The molecule has 0 bridgehead atoms. The fraction of sp³-hybridized carbons (Fsp3) is 0.0476. The molecule has 0 aliphatic heterocycles. The first kappa shape index (κ1) is 15.0. The minimum Gasteiger partial charge on any atom is -0.457 e. The summed E-state index contributed by atoms with van der Waals surface area (Å²) in [5.74, 6) is 1.93. The molecule has 0 aliphatic rings. The smallest absolute Gasteiger partial charge is 0.149 e. The van der Waals surface area contributed by atoms with Crippen LogP contribution in [0.3, 0.4) is 0 Å². The van der Waals surface area contributed by atoms with Gasteiger partial charge in [-0.15, -0.1) is 0 Å². The molecule has 2 aromatic carbocycles. The Morgan fingerprint density at radius 2 is 1.96 bits per heavy atom. The average Bonchev–Trinajstić information content (AvgIpc) is 3.26. The lowest BCUT2D eigenvalue weighted by atomic mass is 10.2. The molecule has 0 amide bonds. The van der Waals surface area contributed by atoms with Gasteiger partial charge in [-0.1, -0.05) is 36.4 Å². The highest BCUT2D eigenvalue weighted by Crippen LogP contribution is 2.25. The molecule has 0 aliphatic carbocycles. The van der Waals surface area contributed by atoms with E-state index in [1.165, 1.54) is 0 Å². The molecule has 25 heavy (non-hydrogen) atoms. The number of benzene rings is 2. The molecule has 0 unspecified atom stereocenters. The van der Waals surface area contributed by atoms with Crippen LogP contribution in [-0.4, -0.2) is 9.97 Å². The summed E-state index contributed by atoms with van der Waals surface area (Å²) in [7, 11) is 0.